The number of hydrogen-bond acceptors (Lipinski definition) is 4. The molecule has 1 aliphatic heterocycles. The molecule has 0 saturated carbocycles. The average Bonchev–Trinajstić information content (AvgIpc) is 3.52. The van der Waals surface area contributed by atoms with Crippen LogP contribution in [0.2, 0.25) is 5.02 Å². The summed E-state index contributed by atoms with van der Waals surface area (Å²) in [5, 5.41) is 2.94. The fourth-order valence-corrected chi connectivity index (χ4v) is 6.68. The number of rotatable bonds is 6. The predicted molar refractivity (Wildman–Crippen MR) is 144 cm³/mol. The van der Waals surface area contributed by atoms with Crippen LogP contribution in [0.25, 0.3) is 43.5 Å². The van der Waals surface area contributed by atoms with E-state index in [9.17, 15) is 0 Å². The Hall–Kier alpha value is -2.41. The molecule has 1 aliphatic rings. The Morgan fingerprint density at radius 3 is 2.76 bits per heavy atom. The molecule has 1 fully saturated rings. The molecule has 3 aromatic heterocycles. The van der Waals surface area contributed by atoms with Crippen LogP contribution in [0.5, 0.6) is 0 Å². The second kappa shape index (κ2) is 8.99. The summed E-state index contributed by atoms with van der Waals surface area (Å²) in [6.07, 6.45) is 8.60. The zero-order chi connectivity index (χ0) is 23.2. The Labute approximate surface area is 208 Å². The van der Waals surface area contributed by atoms with E-state index in [1.54, 1.807) is 11.3 Å². The Bertz CT molecular complexity index is 1470. The molecule has 0 amide bonds. The predicted octanol–water partition coefficient (Wildman–Crippen LogP) is 7.27. The molecule has 176 valence electrons. The molecule has 0 aliphatic carbocycles. The molecule has 0 bridgehead atoms. The number of aromatic nitrogens is 4. The highest BCUT2D eigenvalue weighted by atomic mass is 35.5. The number of halogens is 1. The molecule has 0 atom stereocenters. The van der Waals surface area contributed by atoms with Gasteiger partial charge in [0.25, 0.3) is 0 Å². The summed E-state index contributed by atoms with van der Waals surface area (Å²) in [4.78, 5) is 15.6. The monoisotopic (exact) mass is 491 g/mol. The van der Waals surface area contributed by atoms with Gasteiger partial charge in [-0.1, -0.05) is 36.6 Å². The van der Waals surface area contributed by atoms with Gasteiger partial charge in [-0.05, 0) is 70.4 Å². The lowest BCUT2D eigenvalue weighted by Crippen LogP contribution is -2.30. The smallest absolute Gasteiger partial charge is 0.139 e. The number of aryl methyl sites for hydroxylation is 2. The number of imidazole rings is 1. The average molecular weight is 492 g/mol. The number of piperidine rings is 1. The van der Waals surface area contributed by atoms with Crippen LogP contribution in [-0.4, -0.2) is 44.6 Å². The van der Waals surface area contributed by atoms with Crippen molar-refractivity contribution in [1.29, 1.82) is 0 Å². The normalized spacial score (nSPS) is 15.9. The van der Waals surface area contributed by atoms with Crippen molar-refractivity contribution in [3.63, 3.8) is 0 Å². The minimum Gasteiger partial charge on any atom is -0.346 e. The summed E-state index contributed by atoms with van der Waals surface area (Å²) in [6, 6.07) is 10.5. The van der Waals surface area contributed by atoms with Crippen LogP contribution in [-0.2, 0) is 6.54 Å². The highest BCUT2D eigenvalue weighted by molar-refractivity contribution is 7.19. The minimum absolute atomic E-state index is 0.792. The standard InChI is InChI=1S/C27H30ClN5S/c1-17-29-22-10-9-21-25(26(22)34-17)31-27(30-21)19-7-5-8-23-24(19)20(28)16-33(23)13-4-3-6-18-11-14-32(2)15-12-18/h5,7-10,16,18H,3-4,6,11-15H2,1-2H3,(H,30,31). The number of nitrogens with zero attached hydrogens (tertiary/aromatic N) is 4. The van der Waals surface area contributed by atoms with Gasteiger partial charge in [0.05, 0.1) is 36.8 Å². The van der Waals surface area contributed by atoms with E-state index in [1.807, 2.05) is 13.0 Å². The fourth-order valence-electron chi connectivity index (χ4n) is 5.45. The van der Waals surface area contributed by atoms with Gasteiger partial charge >= 0.3 is 0 Å². The van der Waals surface area contributed by atoms with Crippen LogP contribution in [0, 0.1) is 12.8 Å². The largest absolute Gasteiger partial charge is 0.346 e. The Kier molecular flexibility index (Phi) is 5.84. The van der Waals surface area contributed by atoms with Crippen LogP contribution < -0.4 is 0 Å². The number of H-pyrrole nitrogens is 1. The van der Waals surface area contributed by atoms with Gasteiger partial charge in [-0.15, -0.1) is 11.3 Å². The van der Waals surface area contributed by atoms with Crippen LogP contribution in [0.15, 0.2) is 36.5 Å². The number of hydrogen-bond donors (Lipinski definition) is 1. The van der Waals surface area contributed by atoms with Gasteiger partial charge in [-0.25, -0.2) is 9.97 Å². The molecule has 0 spiro atoms. The van der Waals surface area contributed by atoms with E-state index >= 15 is 0 Å². The Morgan fingerprint density at radius 1 is 1.09 bits per heavy atom. The quantitative estimate of drug-likeness (QED) is 0.254. The molecule has 5 nitrogen and oxygen atoms in total. The van der Waals surface area contributed by atoms with Gasteiger partial charge in [0.2, 0.25) is 0 Å². The third-order valence-electron chi connectivity index (χ3n) is 7.33. The lowest BCUT2D eigenvalue weighted by molar-refractivity contribution is 0.209. The van der Waals surface area contributed by atoms with E-state index in [-0.39, 0.29) is 0 Å². The van der Waals surface area contributed by atoms with Gasteiger partial charge in [0.15, 0.2) is 0 Å². The Balaban J connectivity index is 1.26. The van der Waals surface area contributed by atoms with E-state index in [0.29, 0.717) is 0 Å². The number of fused-ring (bicyclic) bond motifs is 4. The maximum absolute atomic E-state index is 6.80. The van der Waals surface area contributed by atoms with Crippen LogP contribution in [0.1, 0.15) is 37.1 Å². The lowest BCUT2D eigenvalue weighted by atomic mass is 9.92. The van der Waals surface area contributed by atoms with Gasteiger partial charge in [-0.2, -0.15) is 0 Å². The molecule has 5 aromatic rings. The van der Waals surface area contributed by atoms with E-state index < -0.39 is 0 Å². The molecule has 1 N–H and O–H groups in total. The zero-order valence-corrected chi connectivity index (χ0v) is 21.3. The number of benzene rings is 2. The van der Waals surface area contributed by atoms with Crippen molar-refractivity contribution < 1.29 is 0 Å². The molecule has 6 rings (SSSR count). The first-order valence-electron chi connectivity index (χ1n) is 12.3. The molecule has 4 heterocycles. The molecule has 2 aromatic carbocycles. The van der Waals surface area contributed by atoms with Gasteiger partial charge in [0.1, 0.15) is 5.82 Å². The van der Waals surface area contributed by atoms with E-state index in [4.69, 9.17) is 16.6 Å². The van der Waals surface area contributed by atoms with Crippen molar-refractivity contribution in [3.05, 3.63) is 46.6 Å². The van der Waals surface area contributed by atoms with Gasteiger partial charge in [0, 0.05) is 23.7 Å². The van der Waals surface area contributed by atoms with Crippen molar-refractivity contribution >= 4 is 55.1 Å². The molecular formula is C27H30ClN5S. The van der Waals surface area contributed by atoms with E-state index in [2.05, 4.69) is 56.9 Å². The number of unbranched alkanes of at least 4 members (excludes halogenated alkanes) is 1. The topological polar surface area (TPSA) is 49.7 Å². The highest BCUT2D eigenvalue weighted by Crippen LogP contribution is 2.37. The van der Waals surface area contributed by atoms with Crippen LogP contribution >= 0.6 is 22.9 Å². The van der Waals surface area contributed by atoms with Crippen molar-refractivity contribution in [2.24, 2.45) is 5.92 Å². The van der Waals surface area contributed by atoms with Crippen LogP contribution in [0.3, 0.4) is 0 Å². The fraction of sp³-hybridized carbons (Fsp3) is 0.407. The summed E-state index contributed by atoms with van der Waals surface area (Å²) in [6.45, 7) is 5.55. The third-order valence-corrected chi connectivity index (χ3v) is 8.62. The van der Waals surface area contributed by atoms with Gasteiger partial charge in [-0.3, -0.25) is 0 Å². The van der Waals surface area contributed by atoms with Gasteiger partial charge < -0.3 is 14.5 Å². The summed E-state index contributed by atoms with van der Waals surface area (Å²) in [7, 11) is 2.23. The lowest BCUT2D eigenvalue weighted by Gasteiger charge is -2.28. The van der Waals surface area contributed by atoms with Crippen molar-refractivity contribution in [3.8, 4) is 11.4 Å². The number of likely N-dealkylation sites (tertiary alicyclic amines) is 1. The molecule has 34 heavy (non-hydrogen) atoms. The first-order valence-corrected chi connectivity index (χ1v) is 13.5. The number of aromatic amines is 1. The van der Waals surface area contributed by atoms with Crippen molar-refractivity contribution in [2.75, 3.05) is 20.1 Å². The number of thiazole rings is 1. The minimum atomic E-state index is 0.792. The summed E-state index contributed by atoms with van der Waals surface area (Å²) < 4.78 is 3.48. The van der Waals surface area contributed by atoms with Crippen molar-refractivity contribution in [2.45, 2.75) is 45.6 Å². The zero-order valence-electron chi connectivity index (χ0n) is 19.8. The molecule has 7 heteroatoms. The second-order valence-corrected chi connectivity index (χ2v) is 11.3. The molecule has 0 unspecified atom stereocenters. The summed E-state index contributed by atoms with van der Waals surface area (Å²) in [5.41, 5.74) is 5.28. The first-order chi connectivity index (χ1) is 16.6. The van der Waals surface area contributed by atoms with Crippen LogP contribution in [0.4, 0.5) is 0 Å². The molecule has 1 saturated heterocycles. The Morgan fingerprint density at radius 2 is 1.91 bits per heavy atom. The maximum Gasteiger partial charge on any atom is 0.139 e. The first kappa shape index (κ1) is 22.1. The number of nitrogens with one attached hydrogen (secondary N) is 1. The molecule has 0 radical (unpaired) electrons. The highest BCUT2D eigenvalue weighted by Gasteiger charge is 2.18. The third kappa shape index (κ3) is 4.02. The van der Waals surface area contributed by atoms with E-state index in [1.165, 1.54) is 50.7 Å². The summed E-state index contributed by atoms with van der Waals surface area (Å²) >= 11 is 8.51. The SMILES string of the molecule is Cc1nc2ccc3nc(-c4cccc5c4c(Cl)cn5CCCCC4CCN(C)CC4)[nH]c3c2s1. The summed E-state index contributed by atoms with van der Waals surface area (Å²) in [5.74, 6) is 1.76. The van der Waals surface area contributed by atoms with Crippen molar-refractivity contribution in [1.82, 2.24) is 24.4 Å². The van der Waals surface area contributed by atoms with E-state index in [0.717, 1.165) is 60.5 Å². The second-order valence-electron chi connectivity index (χ2n) is 9.74. The molecular weight excluding hydrogens is 462 g/mol. The maximum atomic E-state index is 6.80.